The molecule has 1 aromatic carbocycles. The van der Waals surface area contributed by atoms with Gasteiger partial charge in [0.1, 0.15) is 12.2 Å². The van der Waals surface area contributed by atoms with Crippen molar-refractivity contribution >= 4 is 18.0 Å². The lowest BCUT2D eigenvalue weighted by atomic mass is 9.92. The van der Waals surface area contributed by atoms with E-state index in [1.807, 2.05) is 37.3 Å². The molecule has 1 aromatic rings. The number of hydrogen-bond donors (Lipinski definition) is 2. The first kappa shape index (κ1) is 23.5. The molecule has 0 aromatic heterocycles. The standard InChI is InChI=1S/C21H31NO6/c1-5-6-12-17(22-20(26)28-21(2,3)4)16(19(24)25)13-18(23)27-14-15-10-8-7-9-11-15/h7-11,16-17H,5-6,12-14H2,1-4H3,(H,22,26)(H,24,25). The number of carboxylic acid groups (broad SMARTS) is 1. The predicted molar refractivity (Wildman–Crippen MR) is 105 cm³/mol. The Labute approximate surface area is 166 Å². The van der Waals surface area contributed by atoms with Crippen molar-refractivity contribution in [2.45, 2.75) is 71.6 Å². The third kappa shape index (κ3) is 9.39. The number of alkyl carbamates (subject to hydrolysis) is 1. The molecule has 1 amide bonds. The summed E-state index contributed by atoms with van der Waals surface area (Å²) in [6, 6.07) is 8.42. The maximum atomic E-state index is 12.2. The number of aliphatic carboxylic acids is 1. The highest BCUT2D eigenvalue weighted by atomic mass is 16.6. The quantitative estimate of drug-likeness (QED) is 0.585. The third-order valence-corrected chi connectivity index (χ3v) is 4.00. The second-order valence-electron chi connectivity index (χ2n) is 7.69. The summed E-state index contributed by atoms with van der Waals surface area (Å²) in [7, 11) is 0. The zero-order chi connectivity index (χ0) is 21.2. The van der Waals surface area contributed by atoms with Gasteiger partial charge in [0.2, 0.25) is 0 Å². The number of esters is 1. The molecule has 2 unspecified atom stereocenters. The maximum Gasteiger partial charge on any atom is 0.407 e. The highest BCUT2D eigenvalue weighted by molar-refractivity contribution is 5.80. The Hall–Kier alpha value is -2.57. The minimum absolute atomic E-state index is 0.0745. The highest BCUT2D eigenvalue weighted by Gasteiger charge is 2.33. The lowest BCUT2D eigenvalue weighted by molar-refractivity contribution is -0.153. The SMILES string of the molecule is CCCCC(NC(=O)OC(C)(C)C)C(CC(=O)OCc1ccccc1)C(=O)O. The number of carbonyl (C=O) groups is 3. The molecule has 2 N–H and O–H groups in total. The van der Waals surface area contributed by atoms with Crippen LogP contribution < -0.4 is 5.32 Å². The zero-order valence-corrected chi connectivity index (χ0v) is 17.1. The van der Waals surface area contributed by atoms with Gasteiger partial charge in [0.25, 0.3) is 0 Å². The Morgan fingerprint density at radius 1 is 1.14 bits per heavy atom. The molecule has 156 valence electrons. The Morgan fingerprint density at radius 3 is 2.32 bits per heavy atom. The largest absolute Gasteiger partial charge is 0.481 e. The molecular weight excluding hydrogens is 362 g/mol. The van der Waals surface area contributed by atoms with Crippen molar-refractivity contribution in [1.29, 1.82) is 0 Å². The van der Waals surface area contributed by atoms with Gasteiger partial charge in [-0.2, -0.15) is 0 Å². The number of carboxylic acids is 1. The molecule has 0 spiro atoms. The number of amides is 1. The Morgan fingerprint density at radius 2 is 1.79 bits per heavy atom. The summed E-state index contributed by atoms with van der Waals surface area (Å²) in [4.78, 5) is 36.1. The van der Waals surface area contributed by atoms with Crippen molar-refractivity contribution in [2.75, 3.05) is 0 Å². The molecular formula is C21H31NO6. The number of hydrogen-bond acceptors (Lipinski definition) is 5. The van der Waals surface area contributed by atoms with Crippen LogP contribution in [0.5, 0.6) is 0 Å². The van der Waals surface area contributed by atoms with E-state index in [0.29, 0.717) is 12.8 Å². The number of rotatable bonds is 10. The first-order valence-corrected chi connectivity index (χ1v) is 9.54. The van der Waals surface area contributed by atoms with Crippen molar-refractivity contribution in [3.8, 4) is 0 Å². The Kier molecular flexibility index (Phi) is 9.48. The van der Waals surface area contributed by atoms with Crippen LogP contribution in [0.4, 0.5) is 4.79 Å². The molecule has 0 heterocycles. The predicted octanol–water partition coefficient (Wildman–Crippen LogP) is 3.90. The summed E-state index contributed by atoms with van der Waals surface area (Å²) in [5.74, 6) is -2.88. The van der Waals surface area contributed by atoms with Gasteiger partial charge in [-0.3, -0.25) is 9.59 Å². The van der Waals surface area contributed by atoms with Gasteiger partial charge in [-0.25, -0.2) is 4.79 Å². The second kappa shape index (κ2) is 11.3. The average Bonchev–Trinajstić information content (AvgIpc) is 2.60. The van der Waals surface area contributed by atoms with Crippen molar-refractivity contribution in [3.05, 3.63) is 35.9 Å². The van der Waals surface area contributed by atoms with Crippen LogP contribution in [0.3, 0.4) is 0 Å². The fraction of sp³-hybridized carbons (Fsp3) is 0.571. The summed E-state index contributed by atoms with van der Waals surface area (Å²) in [5, 5.41) is 12.2. The molecule has 0 aliphatic rings. The van der Waals surface area contributed by atoms with E-state index >= 15 is 0 Å². The molecule has 0 radical (unpaired) electrons. The van der Waals surface area contributed by atoms with Gasteiger partial charge < -0.3 is 19.9 Å². The average molecular weight is 393 g/mol. The van der Waals surface area contributed by atoms with Gasteiger partial charge in [-0.05, 0) is 32.8 Å². The van der Waals surface area contributed by atoms with Gasteiger partial charge in [-0.1, -0.05) is 50.1 Å². The summed E-state index contributed by atoms with van der Waals surface area (Å²) >= 11 is 0. The minimum atomic E-state index is -1.16. The summed E-state index contributed by atoms with van der Waals surface area (Å²) < 4.78 is 10.4. The molecule has 0 saturated carbocycles. The number of benzene rings is 1. The lowest BCUT2D eigenvalue weighted by Crippen LogP contribution is -2.46. The normalized spacial score (nSPS) is 13.3. The van der Waals surface area contributed by atoms with Crippen molar-refractivity contribution in [1.82, 2.24) is 5.32 Å². The maximum absolute atomic E-state index is 12.2. The highest BCUT2D eigenvalue weighted by Crippen LogP contribution is 2.18. The van der Waals surface area contributed by atoms with Crippen LogP contribution in [0.25, 0.3) is 0 Å². The van der Waals surface area contributed by atoms with Gasteiger partial charge >= 0.3 is 18.0 Å². The van der Waals surface area contributed by atoms with E-state index in [1.54, 1.807) is 20.8 Å². The number of nitrogens with one attached hydrogen (secondary N) is 1. The molecule has 28 heavy (non-hydrogen) atoms. The lowest BCUT2D eigenvalue weighted by Gasteiger charge is -2.27. The molecule has 0 aliphatic heterocycles. The van der Waals surface area contributed by atoms with Gasteiger partial charge in [0, 0.05) is 6.04 Å². The van der Waals surface area contributed by atoms with Crippen molar-refractivity contribution < 1.29 is 29.0 Å². The molecule has 0 saturated heterocycles. The molecule has 0 bridgehead atoms. The van der Waals surface area contributed by atoms with Crippen LogP contribution in [0, 0.1) is 5.92 Å². The summed E-state index contributed by atoms with van der Waals surface area (Å²) in [5.41, 5.74) is 0.115. The van der Waals surface area contributed by atoms with Gasteiger partial charge in [-0.15, -0.1) is 0 Å². The molecule has 0 aliphatic carbocycles. The van der Waals surface area contributed by atoms with Crippen LogP contribution in [0.2, 0.25) is 0 Å². The van der Waals surface area contributed by atoms with E-state index in [2.05, 4.69) is 5.32 Å². The van der Waals surface area contributed by atoms with E-state index in [0.717, 1.165) is 12.0 Å². The van der Waals surface area contributed by atoms with Crippen molar-refractivity contribution in [2.24, 2.45) is 5.92 Å². The number of carbonyl (C=O) groups excluding carboxylic acids is 2. The molecule has 1 rings (SSSR count). The van der Waals surface area contributed by atoms with E-state index in [1.165, 1.54) is 0 Å². The van der Waals surface area contributed by atoms with E-state index in [9.17, 15) is 19.5 Å². The van der Waals surface area contributed by atoms with Crippen LogP contribution in [0.15, 0.2) is 30.3 Å². The Balaban J connectivity index is 2.75. The van der Waals surface area contributed by atoms with Crippen LogP contribution in [-0.2, 0) is 25.7 Å². The molecule has 0 fully saturated rings. The number of unbranched alkanes of at least 4 members (excludes halogenated alkanes) is 1. The van der Waals surface area contributed by atoms with E-state index in [4.69, 9.17) is 9.47 Å². The van der Waals surface area contributed by atoms with Crippen molar-refractivity contribution in [3.63, 3.8) is 0 Å². The van der Waals surface area contributed by atoms with Crippen LogP contribution in [-0.4, -0.2) is 34.8 Å². The first-order valence-electron chi connectivity index (χ1n) is 9.54. The fourth-order valence-corrected chi connectivity index (χ4v) is 2.64. The second-order valence-corrected chi connectivity index (χ2v) is 7.69. The first-order chi connectivity index (χ1) is 13.1. The smallest absolute Gasteiger partial charge is 0.407 e. The number of ether oxygens (including phenoxy) is 2. The van der Waals surface area contributed by atoms with Gasteiger partial charge in [0.05, 0.1) is 12.3 Å². The zero-order valence-electron chi connectivity index (χ0n) is 17.1. The third-order valence-electron chi connectivity index (χ3n) is 4.00. The molecule has 2 atom stereocenters. The van der Waals surface area contributed by atoms with Crippen LogP contribution in [0.1, 0.15) is 58.9 Å². The topological polar surface area (TPSA) is 102 Å². The summed E-state index contributed by atoms with van der Waals surface area (Å²) in [6.45, 7) is 7.22. The Bertz CT molecular complexity index is 638. The fourth-order valence-electron chi connectivity index (χ4n) is 2.64. The van der Waals surface area contributed by atoms with Gasteiger partial charge in [0.15, 0.2) is 0 Å². The summed E-state index contributed by atoms with van der Waals surface area (Å²) in [6.07, 6.45) is 0.948. The molecule has 7 heteroatoms. The monoisotopic (exact) mass is 393 g/mol. The van der Waals surface area contributed by atoms with E-state index < -0.39 is 35.6 Å². The van der Waals surface area contributed by atoms with Crippen LogP contribution >= 0.6 is 0 Å². The van der Waals surface area contributed by atoms with E-state index in [-0.39, 0.29) is 13.0 Å². The minimum Gasteiger partial charge on any atom is -0.481 e. The molecule has 7 nitrogen and oxygen atoms in total.